The number of carbonyl (C=O) groups excluding carboxylic acids is 1. The Morgan fingerprint density at radius 1 is 1.26 bits per heavy atom. The van der Waals surface area contributed by atoms with E-state index in [2.05, 4.69) is 26.9 Å². The first-order valence-corrected chi connectivity index (χ1v) is 12.5. The SMILES string of the molecule is COc1ccc2c3c(n(C)c2c1)[C@H](CO)N(C(=O)NC(C)C)CC31CN(CC2CCOCC2)C1. The van der Waals surface area contributed by atoms with Gasteiger partial charge in [0.05, 0.1) is 25.3 Å². The maximum atomic E-state index is 13.3. The molecular weight excluding hydrogens is 432 g/mol. The van der Waals surface area contributed by atoms with Gasteiger partial charge in [-0.1, -0.05) is 0 Å². The van der Waals surface area contributed by atoms with E-state index >= 15 is 0 Å². The van der Waals surface area contributed by atoms with Gasteiger partial charge in [0.25, 0.3) is 0 Å². The second-order valence-corrected chi connectivity index (χ2v) is 10.6. The van der Waals surface area contributed by atoms with Crippen LogP contribution in [-0.2, 0) is 17.2 Å². The molecule has 0 saturated carbocycles. The van der Waals surface area contributed by atoms with E-state index in [-0.39, 0.29) is 30.1 Å². The van der Waals surface area contributed by atoms with Crippen LogP contribution in [0, 0.1) is 5.92 Å². The molecule has 2 amide bonds. The molecule has 2 aromatic rings. The normalized spacial score (nSPS) is 22.8. The summed E-state index contributed by atoms with van der Waals surface area (Å²) in [7, 11) is 3.72. The summed E-state index contributed by atoms with van der Waals surface area (Å²) in [5, 5.41) is 14.8. The van der Waals surface area contributed by atoms with Crippen molar-refractivity contribution in [1.29, 1.82) is 0 Å². The summed E-state index contributed by atoms with van der Waals surface area (Å²) < 4.78 is 13.2. The fraction of sp³-hybridized carbons (Fsp3) is 0.654. The van der Waals surface area contributed by atoms with Crippen molar-refractivity contribution < 1.29 is 19.4 Å². The van der Waals surface area contributed by atoms with Gasteiger partial charge in [-0.2, -0.15) is 0 Å². The minimum absolute atomic E-state index is 0.0346. The number of carbonyl (C=O) groups is 1. The number of benzene rings is 1. The van der Waals surface area contributed by atoms with E-state index in [0.717, 1.165) is 62.6 Å². The molecule has 0 bridgehead atoms. The second kappa shape index (κ2) is 9.06. The minimum atomic E-state index is -0.382. The largest absolute Gasteiger partial charge is 0.497 e. The van der Waals surface area contributed by atoms with Gasteiger partial charge >= 0.3 is 6.03 Å². The number of hydrogen-bond donors (Lipinski definition) is 2. The Kier molecular flexibility index (Phi) is 6.25. The molecule has 34 heavy (non-hydrogen) atoms. The third kappa shape index (κ3) is 3.85. The van der Waals surface area contributed by atoms with Gasteiger partial charge in [0.1, 0.15) is 5.75 Å². The monoisotopic (exact) mass is 470 g/mol. The first-order valence-electron chi connectivity index (χ1n) is 12.5. The topological polar surface area (TPSA) is 79.2 Å². The number of ether oxygens (including phenoxy) is 2. The third-order valence-electron chi connectivity index (χ3n) is 7.90. The average molecular weight is 471 g/mol. The molecule has 1 spiro atoms. The summed E-state index contributed by atoms with van der Waals surface area (Å²) in [6, 6.07) is 5.77. The van der Waals surface area contributed by atoms with Gasteiger partial charge in [0, 0.05) is 75.0 Å². The molecule has 5 rings (SSSR count). The van der Waals surface area contributed by atoms with Crippen LogP contribution in [0.25, 0.3) is 10.9 Å². The first kappa shape index (κ1) is 23.5. The van der Waals surface area contributed by atoms with Crippen LogP contribution in [0.1, 0.15) is 44.0 Å². The fourth-order valence-electron chi connectivity index (χ4n) is 6.39. The van der Waals surface area contributed by atoms with E-state index < -0.39 is 0 Å². The lowest BCUT2D eigenvalue weighted by Crippen LogP contribution is -2.68. The van der Waals surface area contributed by atoms with E-state index in [1.54, 1.807) is 7.11 Å². The molecule has 2 fully saturated rings. The highest BCUT2D eigenvalue weighted by atomic mass is 16.5. The third-order valence-corrected chi connectivity index (χ3v) is 7.90. The number of urea groups is 1. The van der Waals surface area contributed by atoms with Gasteiger partial charge in [-0.05, 0) is 50.3 Å². The van der Waals surface area contributed by atoms with Gasteiger partial charge in [-0.25, -0.2) is 4.79 Å². The number of nitrogens with one attached hydrogen (secondary N) is 1. The van der Waals surface area contributed by atoms with Gasteiger partial charge < -0.3 is 34.3 Å². The van der Waals surface area contributed by atoms with Crippen LogP contribution >= 0.6 is 0 Å². The molecule has 0 unspecified atom stereocenters. The van der Waals surface area contributed by atoms with Crippen LogP contribution in [0.3, 0.4) is 0 Å². The van der Waals surface area contributed by atoms with Crippen molar-refractivity contribution in [3.63, 3.8) is 0 Å². The summed E-state index contributed by atoms with van der Waals surface area (Å²) in [6.45, 7) is 9.10. The summed E-state index contributed by atoms with van der Waals surface area (Å²) in [5.41, 5.74) is 3.27. The van der Waals surface area contributed by atoms with Crippen LogP contribution in [0.4, 0.5) is 4.79 Å². The Labute approximate surface area is 201 Å². The molecule has 4 heterocycles. The van der Waals surface area contributed by atoms with Gasteiger partial charge in [0.15, 0.2) is 0 Å². The molecule has 2 N–H and O–H groups in total. The molecule has 2 saturated heterocycles. The van der Waals surface area contributed by atoms with E-state index in [0.29, 0.717) is 12.5 Å². The fourth-order valence-corrected chi connectivity index (χ4v) is 6.39. The highest BCUT2D eigenvalue weighted by molar-refractivity contribution is 5.90. The molecule has 186 valence electrons. The Morgan fingerprint density at radius 2 is 2.00 bits per heavy atom. The summed E-state index contributed by atoms with van der Waals surface area (Å²) in [6.07, 6.45) is 2.25. The number of aliphatic hydroxyl groups excluding tert-OH is 1. The molecule has 1 aromatic carbocycles. The number of methoxy groups -OCH3 is 1. The van der Waals surface area contributed by atoms with E-state index in [1.807, 2.05) is 31.9 Å². The summed E-state index contributed by atoms with van der Waals surface area (Å²) in [5.74, 6) is 1.49. The van der Waals surface area contributed by atoms with Gasteiger partial charge in [-0.15, -0.1) is 0 Å². The number of hydrogen-bond acceptors (Lipinski definition) is 5. The standard InChI is InChI=1S/C26H38N4O4/c1-17(2)27-25(32)30-16-26(14-29(15-26)12-18-7-9-34-10-8-18)23-20-6-5-19(33-4)11-21(20)28(3)24(23)22(30)13-31/h5-6,11,17-18,22,31H,7-10,12-16H2,1-4H3,(H,27,32)/t22-/m0/s1. The summed E-state index contributed by atoms with van der Waals surface area (Å²) in [4.78, 5) is 17.7. The Hall–Kier alpha value is -2.29. The second-order valence-electron chi connectivity index (χ2n) is 10.6. The predicted molar refractivity (Wildman–Crippen MR) is 131 cm³/mol. The Morgan fingerprint density at radius 3 is 2.65 bits per heavy atom. The summed E-state index contributed by atoms with van der Waals surface area (Å²) >= 11 is 0. The molecule has 8 nitrogen and oxygen atoms in total. The van der Waals surface area contributed by atoms with E-state index in [4.69, 9.17) is 9.47 Å². The first-order chi connectivity index (χ1) is 16.4. The lowest BCUT2D eigenvalue weighted by Gasteiger charge is -2.57. The molecule has 3 aliphatic rings. The van der Waals surface area contributed by atoms with Crippen molar-refractivity contribution in [1.82, 2.24) is 19.7 Å². The minimum Gasteiger partial charge on any atom is -0.497 e. The number of aromatic nitrogens is 1. The number of aryl methyl sites for hydroxylation is 1. The molecule has 3 aliphatic heterocycles. The number of aliphatic hydroxyl groups is 1. The zero-order valence-corrected chi connectivity index (χ0v) is 20.8. The molecular formula is C26H38N4O4. The number of amides is 2. The zero-order chi connectivity index (χ0) is 24.0. The quantitative estimate of drug-likeness (QED) is 0.703. The molecule has 1 aromatic heterocycles. The van der Waals surface area contributed by atoms with Crippen LogP contribution in [0.2, 0.25) is 0 Å². The van der Waals surface area contributed by atoms with Crippen LogP contribution in [-0.4, -0.2) is 84.7 Å². The van der Waals surface area contributed by atoms with Crippen LogP contribution in [0.15, 0.2) is 18.2 Å². The van der Waals surface area contributed by atoms with Crippen molar-refractivity contribution in [3.8, 4) is 5.75 Å². The van der Waals surface area contributed by atoms with Gasteiger partial charge in [0.2, 0.25) is 0 Å². The van der Waals surface area contributed by atoms with Crippen LogP contribution in [0.5, 0.6) is 5.75 Å². The number of fused-ring (bicyclic) bond motifs is 4. The van der Waals surface area contributed by atoms with Crippen molar-refractivity contribution >= 4 is 16.9 Å². The van der Waals surface area contributed by atoms with Crippen LogP contribution < -0.4 is 10.1 Å². The zero-order valence-electron chi connectivity index (χ0n) is 20.8. The van der Waals surface area contributed by atoms with Crippen molar-refractivity contribution in [2.24, 2.45) is 13.0 Å². The highest BCUT2D eigenvalue weighted by Crippen LogP contribution is 2.49. The lowest BCUT2D eigenvalue weighted by molar-refractivity contribution is -0.0139. The molecule has 1 atom stereocenters. The Balaban J connectivity index is 1.55. The average Bonchev–Trinajstić information content (AvgIpc) is 3.10. The Bertz CT molecular complexity index is 1050. The maximum Gasteiger partial charge on any atom is 0.318 e. The molecule has 0 aliphatic carbocycles. The number of rotatable bonds is 5. The van der Waals surface area contributed by atoms with Crippen molar-refractivity contribution in [2.45, 2.75) is 44.2 Å². The molecule has 8 heteroatoms. The van der Waals surface area contributed by atoms with E-state index in [1.165, 1.54) is 10.9 Å². The van der Waals surface area contributed by atoms with Gasteiger partial charge in [-0.3, -0.25) is 0 Å². The maximum absolute atomic E-state index is 13.3. The van der Waals surface area contributed by atoms with Crippen molar-refractivity contribution in [2.75, 3.05) is 53.1 Å². The predicted octanol–water partition coefficient (Wildman–Crippen LogP) is 2.63. The van der Waals surface area contributed by atoms with E-state index in [9.17, 15) is 9.90 Å². The number of nitrogens with zero attached hydrogens (tertiary/aromatic N) is 3. The molecule has 0 radical (unpaired) electrons. The smallest absolute Gasteiger partial charge is 0.318 e. The lowest BCUT2D eigenvalue weighted by atomic mass is 9.68. The number of likely N-dealkylation sites (tertiary alicyclic amines) is 1. The van der Waals surface area contributed by atoms with Crippen molar-refractivity contribution in [3.05, 3.63) is 29.5 Å². The highest BCUT2D eigenvalue weighted by Gasteiger charge is 2.54.